The SMILES string of the molecule is C[C@@]1(C2CC2)NC(=O)N(CC(=O)OCc2ccc(Br)cc2)C1=O. The minimum atomic E-state index is -0.872. The number of benzene rings is 1. The lowest BCUT2D eigenvalue weighted by atomic mass is 9.96. The van der Waals surface area contributed by atoms with Crippen molar-refractivity contribution in [1.82, 2.24) is 10.2 Å². The molecular weight excluding hydrogens is 364 g/mol. The third-order valence-corrected chi connectivity index (χ3v) is 4.82. The molecule has 23 heavy (non-hydrogen) atoms. The Bertz CT molecular complexity index is 657. The number of imide groups is 1. The van der Waals surface area contributed by atoms with Crippen molar-refractivity contribution < 1.29 is 19.1 Å². The Morgan fingerprint density at radius 3 is 2.61 bits per heavy atom. The molecule has 1 aliphatic heterocycles. The van der Waals surface area contributed by atoms with Crippen molar-refractivity contribution in [2.45, 2.75) is 31.9 Å². The minimum absolute atomic E-state index is 0.107. The minimum Gasteiger partial charge on any atom is -0.459 e. The fraction of sp³-hybridized carbons (Fsp3) is 0.438. The summed E-state index contributed by atoms with van der Waals surface area (Å²) in [4.78, 5) is 37.2. The second kappa shape index (κ2) is 5.96. The van der Waals surface area contributed by atoms with E-state index >= 15 is 0 Å². The van der Waals surface area contributed by atoms with E-state index < -0.39 is 17.5 Å². The molecule has 1 heterocycles. The van der Waals surface area contributed by atoms with Crippen LogP contribution in [0.3, 0.4) is 0 Å². The zero-order chi connectivity index (χ0) is 16.6. The number of nitrogens with one attached hydrogen (secondary N) is 1. The number of carbonyl (C=O) groups is 3. The van der Waals surface area contributed by atoms with Gasteiger partial charge in [-0.15, -0.1) is 0 Å². The fourth-order valence-electron chi connectivity index (χ4n) is 2.72. The summed E-state index contributed by atoms with van der Waals surface area (Å²) in [6.45, 7) is 1.47. The van der Waals surface area contributed by atoms with E-state index in [2.05, 4.69) is 21.2 Å². The molecule has 1 atom stereocenters. The number of urea groups is 1. The topological polar surface area (TPSA) is 75.7 Å². The second-order valence-electron chi connectivity index (χ2n) is 6.09. The maximum atomic E-state index is 12.4. The Balaban J connectivity index is 1.56. The monoisotopic (exact) mass is 380 g/mol. The Morgan fingerprint density at radius 2 is 2.00 bits per heavy atom. The van der Waals surface area contributed by atoms with Gasteiger partial charge in [-0.05, 0) is 43.4 Å². The molecule has 2 fully saturated rings. The number of carbonyl (C=O) groups excluding carboxylic acids is 3. The smallest absolute Gasteiger partial charge is 0.326 e. The molecule has 7 heteroatoms. The summed E-state index contributed by atoms with van der Waals surface area (Å²) in [5, 5.41) is 2.70. The molecule has 1 aromatic carbocycles. The zero-order valence-electron chi connectivity index (χ0n) is 12.7. The molecule has 122 valence electrons. The lowest BCUT2D eigenvalue weighted by molar-refractivity contribution is -0.148. The lowest BCUT2D eigenvalue weighted by Crippen LogP contribution is -2.46. The van der Waals surface area contributed by atoms with Crippen LogP contribution in [0.15, 0.2) is 28.7 Å². The quantitative estimate of drug-likeness (QED) is 0.627. The summed E-state index contributed by atoms with van der Waals surface area (Å²) in [5.74, 6) is -0.773. The fourth-order valence-corrected chi connectivity index (χ4v) is 2.98. The van der Waals surface area contributed by atoms with E-state index in [4.69, 9.17) is 4.74 Å². The average Bonchev–Trinajstić information content (AvgIpc) is 3.33. The average molecular weight is 381 g/mol. The molecule has 3 rings (SSSR count). The molecule has 1 saturated heterocycles. The maximum Gasteiger partial charge on any atom is 0.326 e. The molecule has 0 bridgehead atoms. The largest absolute Gasteiger partial charge is 0.459 e. The van der Waals surface area contributed by atoms with Gasteiger partial charge in [0.1, 0.15) is 18.7 Å². The molecule has 0 aromatic heterocycles. The number of rotatable bonds is 5. The van der Waals surface area contributed by atoms with Crippen molar-refractivity contribution in [1.29, 1.82) is 0 Å². The Kier molecular flexibility index (Phi) is 4.14. The molecule has 1 N–H and O–H groups in total. The number of nitrogens with zero attached hydrogens (tertiary/aromatic N) is 1. The normalized spacial score (nSPS) is 23.8. The van der Waals surface area contributed by atoms with Crippen LogP contribution < -0.4 is 5.32 Å². The predicted molar refractivity (Wildman–Crippen MR) is 85.3 cm³/mol. The van der Waals surface area contributed by atoms with Gasteiger partial charge in [-0.1, -0.05) is 28.1 Å². The van der Waals surface area contributed by atoms with Gasteiger partial charge in [0.25, 0.3) is 5.91 Å². The van der Waals surface area contributed by atoms with Crippen LogP contribution in [0.4, 0.5) is 4.79 Å². The molecule has 0 unspecified atom stereocenters. The van der Waals surface area contributed by atoms with Gasteiger partial charge in [0.05, 0.1) is 0 Å². The van der Waals surface area contributed by atoms with Gasteiger partial charge in [0.2, 0.25) is 0 Å². The molecule has 3 amide bonds. The van der Waals surface area contributed by atoms with Crippen LogP contribution in [-0.4, -0.2) is 34.9 Å². The molecular formula is C16H17BrN2O4. The van der Waals surface area contributed by atoms with E-state index in [1.165, 1.54) is 0 Å². The summed E-state index contributed by atoms with van der Waals surface area (Å²) >= 11 is 3.33. The van der Waals surface area contributed by atoms with Gasteiger partial charge in [-0.3, -0.25) is 14.5 Å². The van der Waals surface area contributed by atoms with Crippen LogP contribution in [0, 0.1) is 5.92 Å². The molecule has 6 nitrogen and oxygen atoms in total. The molecule has 1 saturated carbocycles. The van der Waals surface area contributed by atoms with E-state index in [0.717, 1.165) is 27.8 Å². The zero-order valence-corrected chi connectivity index (χ0v) is 14.3. The van der Waals surface area contributed by atoms with Gasteiger partial charge >= 0.3 is 12.0 Å². The third-order valence-electron chi connectivity index (χ3n) is 4.30. The lowest BCUT2D eigenvalue weighted by Gasteiger charge is -2.20. The summed E-state index contributed by atoms with van der Waals surface area (Å²) < 4.78 is 6.08. The molecule has 1 aromatic rings. The Hall–Kier alpha value is -1.89. The first-order valence-electron chi connectivity index (χ1n) is 7.44. The van der Waals surface area contributed by atoms with Gasteiger partial charge in [-0.2, -0.15) is 0 Å². The van der Waals surface area contributed by atoms with Gasteiger partial charge < -0.3 is 10.1 Å². The summed E-state index contributed by atoms with van der Waals surface area (Å²) in [6.07, 6.45) is 1.84. The van der Waals surface area contributed by atoms with Crippen LogP contribution in [0.1, 0.15) is 25.3 Å². The second-order valence-corrected chi connectivity index (χ2v) is 7.00. The van der Waals surface area contributed by atoms with Crippen LogP contribution in [0.25, 0.3) is 0 Å². The van der Waals surface area contributed by atoms with Crippen molar-refractivity contribution in [2.75, 3.05) is 6.54 Å². The van der Waals surface area contributed by atoms with Gasteiger partial charge in [0.15, 0.2) is 0 Å². The molecule has 0 spiro atoms. The third kappa shape index (κ3) is 3.24. The van der Waals surface area contributed by atoms with Crippen molar-refractivity contribution >= 4 is 33.8 Å². The first-order chi connectivity index (χ1) is 10.9. The van der Waals surface area contributed by atoms with Gasteiger partial charge in [0, 0.05) is 4.47 Å². The highest BCUT2D eigenvalue weighted by Crippen LogP contribution is 2.42. The van der Waals surface area contributed by atoms with E-state index in [-0.39, 0.29) is 25.0 Å². The first-order valence-corrected chi connectivity index (χ1v) is 8.23. The number of ether oxygens (including phenoxy) is 1. The highest BCUT2D eigenvalue weighted by Gasteiger charge is 2.56. The van der Waals surface area contributed by atoms with E-state index in [1.54, 1.807) is 6.92 Å². The van der Waals surface area contributed by atoms with E-state index in [1.807, 2.05) is 24.3 Å². The Labute approximate surface area is 142 Å². The van der Waals surface area contributed by atoms with E-state index in [0.29, 0.717) is 0 Å². The van der Waals surface area contributed by atoms with Crippen LogP contribution in [0.5, 0.6) is 0 Å². The summed E-state index contributed by atoms with van der Waals surface area (Å²) in [5.41, 5.74) is -0.0372. The number of hydrogen-bond donors (Lipinski definition) is 1. The number of halogens is 1. The van der Waals surface area contributed by atoms with Crippen LogP contribution >= 0.6 is 15.9 Å². The van der Waals surface area contributed by atoms with Crippen molar-refractivity contribution in [3.63, 3.8) is 0 Å². The van der Waals surface area contributed by atoms with Crippen molar-refractivity contribution in [2.24, 2.45) is 5.92 Å². The van der Waals surface area contributed by atoms with Gasteiger partial charge in [-0.25, -0.2) is 4.79 Å². The molecule has 1 aliphatic carbocycles. The Morgan fingerprint density at radius 1 is 1.35 bits per heavy atom. The maximum absolute atomic E-state index is 12.4. The molecule has 0 radical (unpaired) electrons. The highest BCUT2D eigenvalue weighted by atomic mass is 79.9. The van der Waals surface area contributed by atoms with Crippen molar-refractivity contribution in [3.05, 3.63) is 34.3 Å². The molecule has 2 aliphatic rings. The summed E-state index contributed by atoms with van der Waals surface area (Å²) in [6, 6.07) is 6.83. The predicted octanol–water partition coefficient (Wildman–Crippen LogP) is 2.21. The van der Waals surface area contributed by atoms with Crippen LogP contribution in [0.2, 0.25) is 0 Å². The van der Waals surface area contributed by atoms with Crippen LogP contribution in [-0.2, 0) is 20.9 Å². The van der Waals surface area contributed by atoms with E-state index in [9.17, 15) is 14.4 Å². The number of esters is 1. The number of hydrogen-bond acceptors (Lipinski definition) is 4. The van der Waals surface area contributed by atoms with Crippen molar-refractivity contribution in [3.8, 4) is 0 Å². The standard InChI is InChI=1S/C16H17BrN2O4/c1-16(11-4-5-11)14(21)19(15(22)18-16)8-13(20)23-9-10-2-6-12(17)7-3-10/h2-3,6-7,11H,4-5,8-9H2,1H3,(H,18,22)/t16-/m0/s1. The highest BCUT2D eigenvalue weighted by molar-refractivity contribution is 9.10. The summed E-state index contributed by atoms with van der Waals surface area (Å²) in [7, 11) is 0. The number of amides is 3. The first kappa shape index (κ1) is 16.0.